The number of aromatic nitrogens is 2. The first-order chi connectivity index (χ1) is 8.58. The van der Waals surface area contributed by atoms with E-state index < -0.39 is 0 Å². The quantitative estimate of drug-likeness (QED) is 0.666. The third kappa shape index (κ3) is 3.10. The van der Waals surface area contributed by atoms with Crippen LogP contribution in [-0.4, -0.2) is 17.0 Å². The zero-order chi connectivity index (χ0) is 13.1. The van der Waals surface area contributed by atoms with E-state index in [2.05, 4.69) is 15.4 Å². The number of halogens is 1. The maximum absolute atomic E-state index is 5.91. The topological polar surface area (TPSA) is 67.1 Å². The number of nitrogens with one attached hydrogen (secondary N) is 1. The van der Waals surface area contributed by atoms with Gasteiger partial charge in [0, 0.05) is 23.7 Å². The third-order valence-corrected chi connectivity index (χ3v) is 3.60. The Morgan fingerprint density at radius 1 is 1.44 bits per heavy atom. The van der Waals surface area contributed by atoms with Crippen molar-refractivity contribution in [2.24, 2.45) is 5.84 Å². The highest BCUT2D eigenvalue weighted by Gasteiger charge is 2.08. The van der Waals surface area contributed by atoms with Gasteiger partial charge in [-0.2, -0.15) is 4.98 Å². The molecule has 0 saturated heterocycles. The van der Waals surface area contributed by atoms with Crippen molar-refractivity contribution in [1.82, 2.24) is 9.97 Å². The molecular weight excluding hydrogens is 270 g/mol. The maximum Gasteiger partial charge on any atom is 0.239 e. The predicted molar refractivity (Wildman–Crippen MR) is 76.0 cm³/mol. The number of rotatable bonds is 4. The van der Waals surface area contributed by atoms with E-state index in [0.29, 0.717) is 5.95 Å². The van der Waals surface area contributed by atoms with Crippen molar-refractivity contribution in [1.29, 1.82) is 0 Å². The highest BCUT2D eigenvalue weighted by atomic mass is 35.5. The minimum Gasteiger partial charge on any atom is -0.354 e. The molecule has 7 heteroatoms. The molecule has 0 amide bonds. The predicted octanol–water partition coefficient (Wildman–Crippen LogP) is 2.42. The van der Waals surface area contributed by atoms with Crippen LogP contribution in [0.25, 0.3) is 0 Å². The van der Waals surface area contributed by atoms with Gasteiger partial charge >= 0.3 is 0 Å². The molecule has 0 aliphatic carbocycles. The summed E-state index contributed by atoms with van der Waals surface area (Å²) < 4.78 is 0.793. The second-order valence-electron chi connectivity index (χ2n) is 3.90. The number of nitrogen functional groups attached to an aromatic ring is 1. The molecule has 0 atom stereocenters. The molecule has 0 radical (unpaired) electrons. The van der Waals surface area contributed by atoms with Crippen molar-refractivity contribution in [2.75, 3.05) is 17.4 Å². The van der Waals surface area contributed by atoms with E-state index in [1.165, 1.54) is 4.88 Å². The summed E-state index contributed by atoms with van der Waals surface area (Å²) in [6.07, 6.45) is 0. The Labute approximate surface area is 115 Å². The molecule has 96 valence electrons. The minimum atomic E-state index is 0.418. The Morgan fingerprint density at radius 2 is 2.22 bits per heavy atom. The second-order valence-corrected chi connectivity index (χ2v) is 5.70. The van der Waals surface area contributed by atoms with Gasteiger partial charge in [0.05, 0.1) is 10.9 Å². The second kappa shape index (κ2) is 5.51. The zero-order valence-electron chi connectivity index (χ0n) is 10.1. The van der Waals surface area contributed by atoms with Gasteiger partial charge in [0.25, 0.3) is 0 Å². The Morgan fingerprint density at radius 3 is 2.83 bits per heavy atom. The van der Waals surface area contributed by atoms with E-state index in [1.807, 2.05) is 37.1 Å². The summed E-state index contributed by atoms with van der Waals surface area (Å²) in [5.41, 5.74) is 3.33. The van der Waals surface area contributed by atoms with Crippen molar-refractivity contribution < 1.29 is 0 Å². The van der Waals surface area contributed by atoms with E-state index in [-0.39, 0.29) is 0 Å². The van der Waals surface area contributed by atoms with Crippen LogP contribution in [-0.2, 0) is 6.54 Å². The van der Waals surface area contributed by atoms with Crippen LogP contribution < -0.4 is 16.2 Å². The highest BCUT2D eigenvalue weighted by molar-refractivity contribution is 7.16. The summed E-state index contributed by atoms with van der Waals surface area (Å²) >= 11 is 7.48. The van der Waals surface area contributed by atoms with Crippen LogP contribution in [0.5, 0.6) is 0 Å². The van der Waals surface area contributed by atoms with Gasteiger partial charge in [0.2, 0.25) is 5.95 Å². The van der Waals surface area contributed by atoms with Crippen molar-refractivity contribution in [3.05, 3.63) is 33.1 Å². The summed E-state index contributed by atoms with van der Waals surface area (Å²) in [5.74, 6) is 6.57. The lowest BCUT2D eigenvalue weighted by Gasteiger charge is -2.18. The van der Waals surface area contributed by atoms with Crippen molar-refractivity contribution >= 4 is 34.7 Å². The van der Waals surface area contributed by atoms with Gasteiger partial charge in [-0.25, -0.2) is 10.8 Å². The smallest absolute Gasteiger partial charge is 0.239 e. The molecule has 0 aromatic carbocycles. The van der Waals surface area contributed by atoms with Gasteiger partial charge in [-0.15, -0.1) is 11.3 Å². The number of nitrogens with zero attached hydrogens (tertiary/aromatic N) is 3. The van der Waals surface area contributed by atoms with Gasteiger partial charge < -0.3 is 4.90 Å². The number of hydrazine groups is 1. The Kier molecular flexibility index (Phi) is 4.00. The monoisotopic (exact) mass is 283 g/mol. The van der Waals surface area contributed by atoms with Crippen LogP contribution in [0, 0.1) is 6.92 Å². The van der Waals surface area contributed by atoms with Gasteiger partial charge in [-0.05, 0) is 19.1 Å². The number of hydrogen-bond acceptors (Lipinski definition) is 6. The fourth-order valence-corrected chi connectivity index (χ4v) is 2.70. The SMILES string of the molecule is Cc1cc(N(C)Cc2ccc(Cl)s2)nc(NN)n1. The summed E-state index contributed by atoms with van der Waals surface area (Å²) in [7, 11) is 1.97. The first kappa shape index (κ1) is 13.1. The lowest BCUT2D eigenvalue weighted by atomic mass is 10.4. The molecule has 0 saturated carbocycles. The van der Waals surface area contributed by atoms with Crippen LogP contribution in [0.3, 0.4) is 0 Å². The van der Waals surface area contributed by atoms with Crippen molar-refractivity contribution in [2.45, 2.75) is 13.5 Å². The van der Waals surface area contributed by atoms with Crippen LogP contribution in [0.2, 0.25) is 4.34 Å². The molecule has 0 bridgehead atoms. The molecule has 2 aromatic rings. The molecule has 0 spiro atoms. The van der Waals surface area contributed by atoms with Crippen LogP contribution >= 0.6 is 22.9 Å². The van der Waals surface area contributed by atoms with E-state index >= 15 is 0 Å². The summed E-state index contributed by atoms with van der Waals surface area (Å²) in [5, 5.41) is 0. The molecule has 0 aliphatic heterocycles. The maximum atomic E-state index is 5.91. The largest absolute Gasteiger partial charge is 0.354 e. The molecule has 18 heavy (non-hydrogen) atoms. The summed E-state index contributed by atoms with van der Waals surface area (Å²) in [6.45, 7) is 2.65. The fraction of sp³-hybridized carbons (Fsp3) is 0.273. The van der Waals surface area contributed by atoms with E-state index in [9.17, 15) is 0 Å². The number of nitrogens with two attached hydrogens (primary N) is 1. The molecular formula is C11H14ClN5S. The number of thiophene rings is 1. The first-order valence-electron chi connectivity index (χ1n) is 5.36. The molecule has 2 heterocycles. The van der Waals surface area contributed by atoms with E-state index in [1.54, 1.807) is 11.3 Å². The average molecular weight is 284 g/mol. The van der Waals surface area contributed by atoms with Gasteiger partial charge in [0.15, 0.2) is 0 Å². The molecule has 0 fully saturated rings. The molecule has 2 rings (SSSR count). The molecule has 2 aromatic heterocycles. The lowest BCUT2D eigenvalue weighted by Crippen LogP contribution is -2.19. The van der Waals surface area contributed by atoms with E-state index in [4.69, 9.17) is 17.4 Å². The average Bonchev–Trinajstić information content (AvgIpc) is 2.73. The summed E-state index contributed by atoms with van der Waals surface area (Å²) in [4.78, 5) is 11.7. The standard InChI is InChI=1S/C11H14ClN5S/c1-7-5-10(15-11(14-7)16-13)17(2)6-8-3-4-9(12)18-8/h3-5H,6,13H2,1-2H3,(H,14,15,16). The molecule has 0 aliphatic rings. The van der Waals surface area contributed by atoms with Crippen LogP contribution in [0.1, 0.15) is 10.6 Å². The normalized spacial score (nSPS) is 10.4. The Bertz CT molecular complexity index is 542. The fourth-order valence-electron chi connectivity index (χ4n) is 1.56. The number of hydrogen-bond donors (Lipinski definition) is 2. The van der Waals surface area contributed by atoms with Crippen molar-refractivity contribution in [3.63, 3.8) is 0 Å². The zero-order valence-corrected chi connectivity index (χ0v) is 11.7. The van der Waals surface area contributed by atoms with Gasteiger partial charge in [-0.1, -0.05) is 11.6 Å². The van der Waals surface area contributed by atoms with Crippen molar-refractivity contribution in [3.8, 4) is 0 Å². The van der Waals surface area contributed by atoms with Gasteiger partial charge in [0.1, 0.15) is 5.82 Å². The number of anilines is 2. The Hall–Kier alpha value is -1.37. The minimum absolute atomic E-state index is 0.418. The van der Waals surface area contributed by atoms with Crippen LogP contribution in [0.15, 0.2) is 18.2 Å². The number of aryl methyl sites for hydroxylation is 1. The Balaban J connectivity index is 2.17. The van der Waals surface area contributed by atoms with E-state index in [0.717, 1.165) is 22.4 Å². The lowest BCUT2D eigenvalue weighted by molar-refractivity contribution is 0.898. The first-order valence-corrected chi connectivity index (χ1v) is 6.55. The van der Waals surface area contributed by atoms with Crippen LogP contribution in [0.4, 0.5) is 11.8 Å². The summed E-state index contributed by atoms with van der Waals surface area (Å²) in [6, 6.07) is 5.82. The third-order valence-electron chi connectivity index (χ3n) is 2.38. The molecule has 3 N–H and O–H groups in total. The molecule has 0 unspecified atom stereocenters. The molecule has 5 nitrogen and oxygen atoms in total. The van der Waals surface area contributed by atoms with Gasteiger partial charge in [-0.3, -0.25) is 5.43 Å². The highest BCUT2D eigenvalue weighted by Crippen LogP contribution is 2.24.